The van der Waals surface area contributed by atoms with Crippen LogP contribution in [0.3, 0.4) is 0 Å². The van der Waals surface area contributed by atoms with E-state index in [-0.39, 0.29) is 11.9 Å². The smallest absolute Gasteiger partial charge is 0.128 e. The van der Waals surface area contributed by atoms with Crippen LogP contribution in [0.15, 0.2) is 18.2 Å². The van der Waals surface area contributed by atoms with Gasteiger partial charge in [0.15, 0.2) is 0 Å². The number of hydrogen-bond donors (Lipinski definition) is 1. The summed E-state index contributed by atoms with van der Waals surface area (Å²) in [7, 11) is 2.04. The van der Waals surface area contributed by atoms with Crippen molar-refractivity contribution in [2.45, 2.75) is 19.4 Å². The second-order valence-electron chi connectivity index (χ2n) is 4.82. The van der Waals surface area contributed by atoms with Crippen LogP contribution in [-0.4, -0.2) is 25.0 Å². The molecule has 1 fully saturated rings. The van der Waals surface area contributed by atoms with Crippen LogP contribution in [0.4, 0.5) is 4.39 Å². The lowest BCUT2D eigenvalue weighted by Gasteiger charge is -2.20. The third-order valence-electron chi connectivity index (χ3n) is 3.48. The Bertz CT molecular complexity index is 378. The first-order valence-corrected chi connectivity index (χ1v) is 5.78. The first kappa shape index (κ1) is 11.6. The molecule has 0 aromatic heterocycles. The fraction of sp³-hybridized carbons (Fsp3) is 0.538. The largest absolute Gasteiger partial charge is 0.330 e. The van der Waals surface area contributed by atoms with E-state index in [4.69, 9.17) is 5.73 Å². The summed E-state index contributed by atoms with van der Waals surface area (Å²) in [5.41, 5.74) is 7.46. The number of nitrogens with zero attached hydrogens (tertiary/aromatic N) is 1. The molecule has 1 aliphatic heterocycles. The molecule has 0 amide bonds. The number of likely N-dealkylation sites (tertiary alicyclic amines) is 1. The summed E-state index contributed by atoms with van der Waals surface area (Å²) >= 11 is 0. The molecule has 1 aromatic carbocycles. The maximum absolute atomic E-state index is 13.8. The van der Waals surface area contributed by atoms with Gasteiger partial charge in [-0.15, -0.1) is 0 Å². The Hall–Kier alpha value is -0.930. The van der Waals surface area contributed by atoms with E-state index < -0.39 is 0 Å². The predicted molar refractivity (Wildman–Crippen MR) is 63.7 cm³/mol. The second kappa shape index (κ2) is 4.52. The highest BCUT2D eigenvalue weighted by molar-refractivity contribution is 5.27. The van der Waals surface area contributed by atoms with E-state index >= 15 is 0 Å². The first-order chi connectivity index (χ1) is 7.61. The van der Waals surface area contributed by atoms with E-state index in [1.807, 2.05) is 26.1 Å². The molecule has 2 rings (SSSR count). The Morgan fingerprint density at radius 1 is 1.50 bits per heavy atom. The Morgan fingerprint density at radius 3 is 2.81 bits per heavy atom. The topological polar surface area (TPSA) is 29.3 Å². The molecule has 1 aromatic rings. The van der Waals surface area contributed by atoms with Crippen LogP contribution in [0.5, 0.6) is 0 Å². The molecule has 1 heterocycles. The van der Waals surface area contributed by atoms with Crippen molar-refractivity contribution in [2.75, 3.05) is 20.1 Å². The number of rotatable bonds is 2. The molecule has 2 N–H and O–H groups in total. The van der Waals surface area contributed by atoms with E-state index in [9.17, 15) is 4.39 Å². The molecule has 3 heteroatoms. The van der Waals surface area contributed by atoms with Gasteiger partial charge in [0.25, 0.3) is 0 Å². The minimum atomic E-state index is -0.0884. The molecule has 0 aliphatic carbocycles. The minimum absolute atomic E-state index is 0.0884. The maximum atomic E-state index is 13.8. The highest BCUT2D eigenvalue weighted by atomic mass is 19.1. The summed E-state index contributed by atoms with van der Waals surface area (Å²) in [4.78, 5) is 2.20. The summed E-state index contributed by atoms with van der Waals surface area (Å²) in [5.74, 6) is 0.408. The Labute approximate surface area is 96.2 Å². The average molecular weight is 222 g/mol. The summed E-state index contributed by atoms with van der Waals surface area (Å²) in [6.07, 6.45) is 0.965. The molecular weight excluding hydrogens is 203 g/mol. The van der Waals surface area contributed by atoms with Gasteiger partial charge in [-0.1, -0.05) is 12.1 Å². The normalized spacial score (nSPS) is 26.2. The van der Waals surface area contributed by atoms with Crippen LogP contribution in [-0.2, 0) is 0 Å². The second-order valence-corrected chi connectivity index (χ2v) is 4.82. The number of aryl methyl sites for hydroxylation is 1. The van der Waals surface area contributed by atoms with Crippen LogP contribution >= 0.6 is 0 Å². The maximum Gasteiger partial charge on any atom is 0.128 e. The summed E-state index contributed by atoms with van der Waals surface area (Å²) in [5, 5.41) is 0. The number of benzene rings is 1. The van der Waals surface area contributed by atoms with Gasteiger partial charge in [0.05, 0.1) is 0 Å². The van der Waals surface area contributed by atoms with E-state index in [1.54, 1.807) is 6.07 Å². The third kappa shape index (κ3) is 2.11. The van der Waals surface area contributed by atoms with Gasteiger partial charge in [-0.05, 0) is 44.5 Å². The van der Waals surface area contributed by atoms with Crippen molar-refractivity contribution in [1.29, 1.82) is 0 Å². The molecule has 88 valence electrons. The van der Waals surface area contributed by atoms with E-state index in [1.165, 1.54) is 0 Å². The lowest BCUT2D eigenvalue weighted by molar-refractivity contribution is 0.307. The van der Waals surface area contributed by atoms with Crippen LogP contribution in [0, 0.1) is 18.7 Å². The van der Waals surface area contributed by atoms with Crippen molar-refractivity contribution in [3.8, 4) is 0 Å². The molecule has 2 nitrogen and oxygen atoms in total. The summed E-state index contributed by atoms with van der Waals surface area (Å²) < 4.78 is 13.8. The lowest BCUT2D eigenvalue weighted by Crippen LogP contribution is -2.21. The number of nitrogens with two attached hydrogens (primary N) is 1. The van der Waals surface area contributed by atoms with Gasteiger partial charge >= 0.3 is 0 Å². The van der Waals surface area contributed by atoms with Gasteiger partial charge in [-0.25, -0.2) is 4.39 Å². The average Bonchev–Trinajstić information content (AvgIpc) is 2.60. The standard InChI is InChI=1S/C13H19FN2/c1-9-3-4-11(12(14)5-9)13-6-10(7-15)8-16(13)2/h3-5,10,13H,6-8,15H2,1-2H3. The van der Waals surface area contributed by atoms with Gasteiger partial charge in [0, 0.05) is 18.2 Å². The van der Waals surface area contributed by atoms with Gasteiger partial charge in [-0.2, -0.15) is 0 Å². The van der Waals surface area contributed by atoms with Crippen molar-refractivity contribution < 1.29 is 4.39 Å². The quantitative estimate of drug-likeness (QED) is 0.830. The van der Waals surface area contributed by atoms with Gasteiger partial charge < -0.3 is 5.73 Å². The van der Waals surface area contributed by atoms with Gasteiger partial charge in [0.1, 0.15) is 5.82 Å². The van der Waals surface area contributed by atoms with E-state index in [0.29, 0.717) is 12.5 Å². The van der Waals surface area contributed by atoms with Crippen LogP contribution in [0.2, 0.25) is 0 Å². The summed E-state index contributed by atoms with van der Waals surface area (Å²) in [6.45, 7) is 3.57. The van der Waals surface area contributed by atoms with Crippen LogP contribution in [0.1, 0.15) is 23.6 Å². The molecule has 2 unspecified atom stereocenters. The monoisotopic (exact) mass is 222 g/mol. The van der Waals surface area contributed by atoms with Gasteiger partial charge in [0.2, 0.25) is 0 Å². The van der Waals surface area contributed by atoms with Crippen LogP contribution < -0.4 is 5.73 Å². The van der Waals surface area contributed by atoms with Crippen LogP contribution in [0.25, 0.3) is 0 Å². The van der Waals surface area contributed by atoms with E-state index in [2.05, 4.69) is 4.90 Å². The molecule has 0 radical (unpaired) electrons. The molecule has 1 saturated heterocycles. The number of halogens is 1. The SMILES string of the molecule is Cc1ccc(C2CC(CN)CN2C)c(F)c1. The fourth-order valence-electron chi connectivity index (χ4n) is 2.54. The summed E-state index contributed by atoms with van der Waals surface area (Å²) in [6, 6.07) is 5.68. The lowest BCUT2D eigenvalue weighted by atomic mass is 9.98. The minimum Gasteiger partial charge on any atom is -0.330 e. The Balaban J connectivity index is 2.24. The fourth-order valence-corrected chi connectivity index (χ4v) is 2.54. The first-order valence-electron chi connectivity index (χ1n) is 5.78. The van der Waals surface area contributed by atoms with Crippen molar-refractivity contribution in [3.05, 3.63) is 35.1 Å². The molecule has 0 spiro atoms. The molecule has 16 heavy (non-hydrogen) atoms. The molecule has 0 saturated carbocycles. The van der Waals surface area contributed by atoms with Gasteiger partial charge in [-0.3, -0.25) is 4.90 Å². The highest BCUT2D eigenvalue weighted by Crippen LogP contribution is 2.34. The van der Waals surface area contributed by atoms with Crippen molar-refractivity contribution >= 4 is 0 Å². The zero-order valence-electron chi connectivity index (χ0n) is 9.91. The Morgan fingerprint density at radius 2 is 2.25 bits per heavy atom. The molecule has 1 aliphatic rings. The van der Waals surface area contributed by atoms with Crippen molar-refractivity contribution in [3.63, 3.8) is 0 Å². The zero-order valence-corrected chi connectivity index (χ0v) is 9.91. The number of hydrogen-bond acceptors (Lipinski definition) is 2. The molecule has 0 bridgehead atoms. The predicted octanol–water partition coefficient (Wildman–Crippen LogP) is 2.09. The highest BCUT2D eigenvalue weighted by Gasteiger charge is 2.31. The van der Waals surface area contributed by atoms with Crippen molar-refractivity contribution in [1.82, 2.24) is 4.90 Å². The molecule has 2 atom stereocenters. The van der Waals surface area contributed by atoms with E-state index in [0.717, 1.165) is 24.1 Å². The zero-order chi connectivity index (χ0) is 11.7. The van der Waals surface area contributed by atoms with Crippen molar-refractivity contribution in [2.24, 2.45) is 11.7 Å². The third-order valence-corrected chi connectivity index (χ3v) is 3.48. The molecular formula is C13H19FN2. The Kier molecular flexibility index (Phi) is 3.26.